The molecule has 5 atom stereocenters. The first-order chi connectivity index (χ1) is 7.52. The molecule has 16 heavy (non-hydrogen) atoms. The van der Waals surface area contributed by atoms with Crippen molar-refractivity contribution < 1.29 is 4.74 Å². The third-order valence-electron chi connectivity index (χ3n) is 3.82. The van der Waals surface area contributed by atoms with Gasteiger partial charge in [0.15, 0.2) is 0 Å². The molecule has 1 aromatic heterocycles. The maximum atomic E-state index is 6.31. The van der Waals surface area contributed by atoms with Crippen molar-refractivity contribution in [3.63, 3.8) is 0 Å². The summed E-state index contributed by atoms with van der Waals surface area (Å²) < 4.78 is 7.56. The van der Waals surface area contributed by atoms with E-state index in [2.05, 4.69) is 31.1 Å². The second-order valence-corrected chi connectivity index (χ2v) is 4.79. The van der Waals surface area contributed by atoms with Crippen molar-refractivity contribution in [2.24, 2.45) is 24.6 Å². The zero-order chi connectivity index (χ0) is 11.9. The Hall–Kier alpha value is -0.940. The predicted molar refractivity (Wildman–Crippen MR) is 60.6 cm³/mol. The fourth-order valence-electron chi connectivity index (χ4n) is 2.71. The van der Waals surface area contributed by atoms with Crippen molar-refractivity contribution in [2.45, 2.75) is 39.0 Å². The molecule has 0 aliphatic carbocycles. The van der Waals surface area contributed by atoms with Gasteiger partial charge in [0, 0.05) is 13.0 Å². The molecule has 5 heteroatoms. The number of hydrogen-bond acceptors (Lipinski definition) is 4. The van der Waals surface area contributed by atoms with Crippen molar-refractivity contribution in [3.8, 4) is 0 Å². The van der Waals surface area contributed by atoms with Gasteiger partial charge in [-0.25, -0.2) is 0 Å². The van der Waals surface area contributed by atoms with Crippen molar-refractivity contribution in [1.82, 2.24) is 15.0 Å². The third kappa shape index (κ3) is 1.74. The van der Waals surface area contributed by atoms with Gasteiger partial charge in [-0.15, -0.1) is 5.10 Å². The minimum atomic E-state index is -0.0602. The summed E-state index contributed by atoms with van der Waals surface area (Å²) >= 11 is 0. The SMILES string of the molecule is CC1OC(C)C(C(N)c2cnnn2C)C1C. The van der Waals surface area contributed by atoms with Gasteiger partial charge in [-0.05, 0) is 19.8 Å². The van der Waals surface area contributed by atoms with E-state index in [0.717, 1.165) is 5.69 Å². The summed E-state index contributed by atoms with van der Waals surface area (Å²) in [6.07, 6.45) is 2.20. The monoisotopic (exact) mass is 224 g/mol. The molecular formula is C11H20N4O. The molecular weight excluding hydrogens is 204 g/mol. The van der Waals surface area contributed by atoms with Crippen LogP contribution in [0.15, 0.2) is 6.20 Å². The van der Waals surface area contributed by atoms with Gasteiger partial charge in [0.1, 0.15) is 0 Å². The molecule has 1 fully saturated rings. The van der Waals surface area contributed by atoms with Crippen molar-refractivity contribution >= 4 is 0 Å². The first-order valence-corrected chi connectivity index (χ1v) is 5.78. The maximum absolute atomic E-state index is 6.31. The minimum absolute atomic E-state index is 0.0602. The number of nitrogens with zero attached hydrogens (tertiary/aromatic N) is 3. The van der Waals surface area contributed by atoms with Gasteiger partial charge >= 0.3 is 0 Å². The summed E-state index contributed by atoms with van der Waals surface area (Å²) in [7, 11) is 1.87. The minimum Gasteiger partial charge on any atom is -0.375 e. The average Bonchev–Trinajstić information content (AvgIpc) is 2.73. The molecule has 5 unspecified atom stereocenters. The predicted octanol–water partition coefficient (Wildman–Crippen LogP) is 0.874. The molecule has 1 aliphatic heterocycles. The van der Waals surface area contributed by atoms with Gasteiger partial charge in [-0.1, -0.05) is 12.1 Å². The molecule has 0 amide bonds. The number of aryl methyl sites for hydroxylation is 1. The Bertz CT molecular complexity index is 365. The molecule has 2 N–H and O–H groups in total. The van der Waals surface area contributed by atoms with E-state index in [1.54, 1.807) is 10.9 Å². The smallest absolute Gasteiger partial charge is 0.0755 e. The second-order valence-electron chi connectivity index (χ2n) is 4.79. The number of hydrogen-bond donors (Lipinski definition) is 1. The highest BCUT2D eigenvalue weighted by atomic mass is 16.5. The number of nitrogens with two attached hydrogens (primary N) is 1. The summed E-state index contributed by atoms with van der Waals surface area (Å²) in [6.45, 7) is 6.40. The fraction of sp³-hybridized carbons (Fsp3) is 0.818. The van der Waals surface area contributed by atoms with Crippen LogP contribution >= 0.6 is 0 Å². The lowest BCUT2D eigenvalue weighted by molar-refractivity contribution is 0.0487. The standard InChI is InChI=1S/C11H20N4O/c1-6-7(2)16-8(3)10(6)11(12)9-5-13-14-15(9)4/h5-8,10-11H,12H2,1-4H3. The first-order valence-electron chi connectivity index (χ1n) is 5.78. The summed E-state index contributed by atoms with van der Waals surface area (Å²) in [5.74, 6) is 0.784. The van der Waals surface area contributed by atoms with Gasteiger partial charge < -0.3 is 10.5 Å². The largest absolute Gasteiger partial charge is 0.375 e. The van der Waals surface area contributed by atoms with Crippen LogP contribution in [0.1, 0.15) is 32.5 Å². The lowest BCUT2D eigenvalue weighted by Gasteiger charge is -2.25. The van der Waals surface area contributed by atoms with Gasteiger partial charge in [-0.3, -0.25) is 4.68 Å². The summed E-state index contributed by atoms with van der Waals surface area (Å²) in [4.78, 5) is 0. The van der Waals surface area contributed by atoms with E-state index < -0.39 is 0 Å². The van der Waals surface area contributed by atoms with Crippen LogP contribution < -0.4 is 5.73 Å². The zero-order valence-corrected chi connectivity index (χ0v) is 10.3. The lowest BCUT2D eigenvalue weighted by Crippen LogP contribution is -2.32. The normalized spacial score (nSPS) is 36.6. The van der Waals surface area contributed by atoms with Crippen LogP contribution in [0.5, 0.6) is 0 Å². The van der Waals surface area contributed by atoms with E-state index in [9.17, 15) is 0 Å². The molecule has 0 saturated carbocycles. The van der Waals surface area contributed by atoms with Crippen molar-refractivity contribution in [2.75, 3.05) is 0 Å². The Kier molecular flexibility index (Phi) is 2.99. The molecule has 1 aliphatic rings. The highest BCUT2D eigenvalue weighted by Gasteiger charge is 2.41. The molecule has 5 nitrogen and oxygen atoms in total. The van der Waals surface area contributed by atoms with Crippen LogP contribution in [-0.4, -0.2) is 27.2 Å². The van der Waals surface area contributed by atoms with E-state index in [0.29, 0.717) is 11.8 Å². The Morgan fingerprint density at radius 1 is 1.38 bits per heavy atom. The van der Waals surface area contributed by atoms with Crippen molar-refractivity contribution in [3.05, 3.63) is 11.9 Å². The Morgan fingerprint density at radius 2 is 2.06 bits per heavy atom. The highest BCUT2D eigenvalue weighted by Crippen LogP contribution is 2.38. The van der Waals surface area contributed by atoms with Crippen LogP contribution in [0, 0.1) is 11.8 Å². The molecule has 0 spiro atoms. The van der Waals surface area contributed by atoms with Crippen LogP contribution in [0.25, 0.3) is 0 Å². The van der Waals surface area contributed by atoms with E-state index in [-0.39, 0.29) is 18.2 Å². The molecule has 0 aromatic carbocycles. The summed E-state index contributed by atoms with van der Waals surface area (Å²) in [6, 6.07) is -0.0602. The molecule has 1 aromatic rings. The third-order valence-corrected chi connectivity index (χ3v) is 3.82. The highest BCUT2D eigenvalue weighted by molar-refractivity contribution is 5.06. The van der Waals surface area contributed by atoms with E-state index >= 15 is 0 Å². The van der Waals surface area contributed by atoms with E-state index in [4.69, 9.17) is 10.5 Å². The Labute approximate surface area is 96.0 Å². The Morgan fingerprint density at radius 3 is 2.50 bits per heavy atom. The average molecular weight is 224 g/mol. The fourth-order valence-corrected chi connectivity index (χ4v) is 2.71. The molecule has 0 bridgehead atoms. The lowest BCUT2D eigenvalue weighted by atomic mass is 9.83. The molecule has 2 rings (SSSR count). The van der Waals surface area contributed by atoms with Crippen LogP contribution in [0.4, 0.5) is 0 Å². The second kappa shape index (κ2) is 4.14. The van der Waals surface area contributed by atoms with Crippen LogP contribution in [-0.2, 0) is 11.8 Å². The Balaban J connectivity index is 2.22. The van der Waals surface area contributed by atoms with Crippen LogP contribution in [0.2, 0.25) is 0 Å². The molecule has 90 valence electrons. The van der Waals surface area contributed by atoms with E-state index in [1.165, 1.54) is 0 Å². The number of rotatable bonds is 2. The quantitative estimate of drug-likeness (QED) is 0.809. The molecule has 0 radical (unpaired) electrons. The summed E-state index contributed by atoms with van der Waals surface area (Å²) in [5.41, 5.74) is 7.28. The van der Waals surface area contributed by atoms with E-state index in [1.807, 2.05) is 7.05 Å². The summed E-state index contributed by atoms with van der Waals surface area (Å²) in [5, 5.41) is 7.80. The van der Waals surface area contributed by atoms with Crippen LogP contribution in [0.3, 0.4) is 0 Å². The van der Waals surface area contributed by atoms with Crippen molar-refractivity contribution in [1.29, 1.82) is 0 Å². The van der Waals surface area contributed by atoms with Gasteiger partial charge in [0.05, 0.1) is 30.1 Å². The van der Waals surface area contributed by atoms with Gasteiger partial charge in [-0.2, -0.15) is 0 Å². The van der Waals surface area contributed by atoms with Gasteiger partial charge in [0.2, 0.25) is 0 Å². The molecule has 1 saturated heterocycles. The number of ether oxygens (including phenoxy) is 1. The zero-order valence-electron chi connectivity index (χ0n) is 10.3. The first kappa shape index (κ1) is 11.5. The van der Waals surface area contributed by atoms with Gasteiger partial charge in [0.25, 0.3) is 0 Å². The topological polar surface area (TPSA) is 66.0 Å². The maximum Gasteiger partial charge on any atom is 0.0755 e. The molecule has 2 heterocycles. The number of aromatic nitrogens is 3.